The second kappa shape index (κ2) is 10.6. The average Bonchev–Trinajstić information content (AvgIpc) is 2.71. The van der Waals surface area contributed by atoms with E-state index in [9.17, 15) is 14.7 Å². The molecule has 1 aromatic heterocycles. The van der Waals surface area contributed by atoms with E-state index in [1.807, 2.05) is 0 Å². The minimum Gasteiger partial charge on any atom is -0.506 e. The Kier molecular flexibility index (Phi) is 8.71. The molecule has 2 heterocycles. The Morgan fingerprint density at radius 3 is 2.45 bits per heavy atom. The van der Waals surface area contributed by atoms with E-state index in [4.69, 9.17) is 11.6 Å². The molecule has 0 unspecified atom stereocenters. The lowest BCUT2D eigenvalue weighted by Gasteiger charge is -2.38. The lowest BCUT2D eigenvalue weighted by molar-refractivity contribution is -0.120. The monoisotopic (exact) mass is 530 g/mol. The fraction of sp³-hybridized carbons (Fsp3) is 0.381. The van der Waals surface area contributed by atoms with Crippen LogP contribution in [0, 0.1) is 0 Å². The molecule has 168 valence electrons. The van der Waals surface area contributed by atoms with Crippen molar-refractivity contribution in [1.82, 2.24) is 9.88 Å². The van der Waals surface area contributed by atoms with Gasteiger partial charge < -0.3 is 20.6 Å². The third-order valence-electron chi connectivity index (χ3n) is 5.22. The van der Waals surface area contributed by atoms with Crippen molar-refractivity contribution in [2.45, 2.75) is 37.6 Å². The number of phenolic OH excluding ortho intramolecular Hbond substituents is 1. The number of pyridine rings is 1. The number of carbonyl (C=O) groups excluding carboxylic acids is 2. The van der Waals surface area contributed by atoms with Crippen LogP contribution in [0.3, 0.4) is 0 Å². The lowest BCUT2D eigenvalue weighted by Crippen LogP contribution is -2.49. The molecule has 1 aliphatic rings. The summed E-state index contributed by atoms with van der Waals surface area (Å²) in [6, 6.07) is 8.23. The Bertz CT molecular complexity index is 933. The fourth-order valence-electron chi connectivity index (χ4n) is 3.34. The summed E-state index contributed by atoms with van der Waals surface area (Å²) in [5, 5.41) is 15.7. The number of nitrogens with one attached hydrogen (secondary N) is 2. The normalized spacial score (nSPS) is 15.8. The molecular weight excluding hydrogens is 507 g/mol. The number of para-hydroxylation sites is 1. The minimum absolute atomic E-state index is 0. The van der Waals surface area contributed by atoms with Crippen LogP contribution < -0.4 is 10.6 Å². The van der Waals surface area contributed by atoms with Crippen molar-refractivity contribution in [3.05, 3.63) is 46.6 Å². The number of aromatic nitrogens is 1. The van der Waals surface area contributed by atoms with Gasteiger partial charge in [-0.2, -0.15) is 0 Å². The molecular formula is C21H25BrCl2N4O3. The fourth-order valence-corrected chi connectivity index (χ4v) is 3.79. The molecule has 0 saturated carbocycles. The Balaban J connectivity index is 0.00000341. The number of likely N-dealkylation sites (tertiary alicyclic amines) is 1. The van der Waals surface area contributed by atoms with E-state index in [-0.39, 0.29) is 29.4 Å². The van der Waals surface area contributed by atoms with Gasteiger partial charge in [-0.15, -0.1) is 24.0 Å². The first kappa shape index (κ1) is 25.4. The molecule has 1 aromatic carbocycles. The third kappa shape index (κ3) is 6.10. The van der Waals surface area contributed by atoms with Gasteiger partial charge in [-0.1, -0.05) is 6.07 Å². The molecule has 0 spiro atoms. The van der Waals surface area contributed by atoms with Gasteiger partial charge in [0.05, 0.1) is 11.3 Å². The highest BCUT2D eigenvalue weighted by molar-refractivity contribution is 9.10. The molecule has 1 aliphatic heterocycles. The van der Waals surface area contributed by atoms with Gasteiger partial charge in [0.1, 0.15) is 16.4 Å². The summed E-state index contributed by atoms with van der Waals surface area (Å²) >= 11 is 9.93. The molecule has 3 rings (SSSR count). The number of hydrogen-bond donors (Lipinski definition) is 3. The molecule has 10 heteroatoms. The molecule has 2 aromatic rings. The number of nitrogens with zero attached hydrogens (tertiary/aromatic N) is 2. The third-order valence-corrected chi connectivity index (χ3v) is 6.24. The quantitative estimate of drug-likeness (QED) is 0.386. The largest absolute Gasteiger partial charge is 0.506 e. The van der Waals surface area contributed by atoms with E-state index in [1.165, 1.54) is 18.2 Å². The highest BCUT2D eigenvalue weighted by atomic mass is 79.9. The number of phenols is 1. The number of aromatic hydroxyl groups is 1. The van der Waals surface area contributed by atoms with Crippen molar-refractivity contribution in [3.8, 4) is 5.75 Å². The van der Waals surface area contributed by atoms with Gasteiger partial charge in [-0.25, -0.2) is 4.98 Å². The molecule has 7 nitrogen and oxygen atoms in total. The molecule has 1 saturated heterocycles. The van der Waals surface area contributed by atoms with Crippen LogP contribution >= 0.6 is 39.9 Å². The highest BCUT2D eigenvalue weighted by Crippen LogP contribution is 2.34. The van der Waals surface area contributed by atoms with E-state index >= 15 is 0 Å². The van der Waals surface area contributed by atoms with Crippen LogP contribution in [0.15, 0.2) is 41.0 Å². The number of benzene rings is 1. The second-order valence-electron chi connectivity index (χ2n) is 7.56. The maximum atomic E-state index is 13.0. The van der Waals surface area contributed by atoms with Crippen molar-refractivity contribution in [2.75, 3.05) is 23.7 Å². The Hall–Kier alpha value is -1.87. The molecule has 1 fully saturated rings. The summed E-state index contributed by atoms with van der Waals surface area (Å²) in [5.41, 5.74) is 0.149. The Labute approximate surface area is 201 Å². The van der Waals surface area contributed by atoms with Crippen molar-refractivity contribution in [3.63, 3.8) is 0 Å². The molecule has 3 N–H and O–H groups in total. The van der Waals surface area contributed by atoms with E-state index in [0.717, 1.165) is 4.47 Å². The van der Waals surface area contributed by atoms with Crippen LogP contribution in [-0.2, 0) is 4.79 Å². The van der Waals surface area contributed by atoms with Gasteiger partial charge in [0, 0.05) is 29.8 Å². The molecule has 2 amide bonds. The minimum atomic E-state index is -1.09. The van der Waals surface area contributed by atoms with Gasteiger partial charge in [0.15, 0.2) is 0 Å². The summed E-state index contributed by atoms with van der Waals surface area (Å²) < 4.78 is 0.779. The standard InChI is InChI=1S/C21H24BrClN4O3.ClH/c1-13(2)27-10-8-21(23,9-11-27)20(30)26-18-15(4-3-5-16(18)28)19(29)25-17-7-6-14(22)12-24-17;/h3-7,12-13,28H,8-11H2,1-2H3,(H,26,30)(H,24,25,29);1H. The number of amides is 2. The van der Waals surface area contributed by atoms with Crippen LogP contribution in [0.4, 0.5) is 11.5 Å². The summed E-state index contributed by atoms with van der Waals surface area (Å²) in [4.78, 5) is 31.0. The zero-order valence-electron chi connectivity index (χ0n) is 17.2. The van der Waals surface area contributed by atoms with Gasteiger partial charge in [0.2, 0.25) is 5.91 Å². The zero-order valence-corrected chi connectivity index (χ0v) is 20.4. The van der Waals surface area contributed by atoms with Crippen molar-refractivity contribution < 1.29 is 14.7 Å². The molecule has 0 aliphatic carbocycles. The summed E-state index contributed by atoms with van der Waals surface area (Å²) in [6.45, 7) is 5.62. The van der Waals surface area contributed by atoms with E-state index in [2.05, 4.69) is 50.3 Å². The second-order valence-corrected chi connectivity index (χ2v) is 9.20. The molecule has 0 bridgehead atoms. The lowest BCUT2D eigenvalue weighted by atomic mass is 9.93. The molecule has 31 heavy (non-hydrogen) atoms. The molecule has 0 radical (unpaired) electrons. The number of hydrogen-bond acceptors (Lipinski definition) is 5. The number of alkyl halides is 1. The summed E-state index contributed by atoms with van der Waals surface area (Å²) in [6.07, 6.45) is 2.52. The van der Waals surface area contributed by atoms with Crippen LogP contribution in [0.1, 0.15) is 37.0 Å². The first-order valence-electron chi connectivity index (χ1n) is 9.69. The van der Waals surface area contributed by atoms with Crippen molar-refractivity contribution in [1.29, 1.82) is 0 Å². The Morgan fingerprint density at radius 2 is 1.87 bits per heavy atom. The van der Waals surface area contributed by atoms with Gasteiger partial charge in [-0.3, -0.25) is 9.59 Å². The summed E-state index contributed by atoms with van der Waals surface area (Å²) in [5.74, 6) is -0.794. The first-order chi connectivity index (χ1) is 14.2. The average molecular weight is 532 g/mol. The highest BCUT2D eigenvalue weighted by Gasteiger charge is 2.40. The van der Waals surface area contributed by atoms with E-state index in [1.54, 1.807) is 18.3 Å². The van der Waals surface area contributed by atoms with E-state index < -0.39 is 16.7 Å². The SMILES string of the molecule is CC(C)N1CCC(Cl)(C(=O)Nc2c(O)cccc2C(=O)Nc2ccc(Br)cn2)CC1.Cl. The van der Waals surface area contributed by atoms with Crippen molar-refractivity contribution in [2.24, 2.45) is 0 Å². The molecule has 0 atom stereocenters. The number of anilines is 2. The van der Waals surface area contributed by atoms with Gasteiger partial charge in [-0.05, 0) is 66.9 Å². The number of piperidine rings is 1. The van der Waals surface area contributed by atoms with Gasteiger partial charge in [0.25, 0.3) is 5.91 Å². The predicted octanol–water partition coefficient (Wildman–Crippen LogP) is 4.64. The van der Waals surface area contributed by atoms with E-state index in [0.29, 0.717) is 37.8 Å². The maximum Gasteiger partial charge on any atom is 0.259 e. The predicted molar refractivity (Wildman–Crippen MR) is 128 cm³/mol. The topological polar surface area (TPSA) is 94.6 Å². The number of halogens is 3. The maximum absolute atomic E-state index is 13.0. The van der Waals surface area contributed by atoms with Crippen LogP contribution in [0.25, 0.3) is 0 Å². The van der Waals surface area contributed by atoms with Crippen LogP contribution in [0.2, 0.25) is 0 Å². The number of rotatable bonds is 5. The number of carbonyl (C=O) groups is 2. The van der Waals surface area contributed by atoms with Gasteiger partial charge >= 0.3 is 0 Å². The first-order valence-corrected chi connectivity index (χ1v) is 10.9. The summed E-state index contributed by atoms with van der Waals surface area (Å²) in [7, 11) is 0. The Morgan fingerprint density at radius 1 is 1.19 bits per heavy atom. The van der Waals surface area contributed by atoms with Crippen LogP contribution in [0.5, 0.6) is 5.75 Å². The van der Waals surface area contributed by atoms with Crippen LogP contribution in [-0.4, -0.2) is 50.8 Å². The van der Waals surface area contributed by atoms with Crippen molar-refractivity contribution >= 4 is 63.3 Å². The smallest absolute Gasteiger partial charge is 0.259 e. The zero-order chi connectivity index (χ0) is 21.9.